The van der Waals surface area contributed by atoms with Crippen molar-refractivity contribution >= 4 is 17.8 Å². The summed E-state index contributed by atoms with van der Waals surface area (Å²) in [7, 11) is 0. The number of hydrogen-bond acceptors (Lipinski definition) is 31. The predicted molar refractivity (Wildman–Crippen MR) is 316 cm³/mol. The Kier molecular flexibility index (Phi) is 63.0. The van der Waals surface area contributed by atoms with Crippen molar-refractivity contribution in [1.29, 1.82) is 0 Å². The molecule has 0 heterocycles. The molecule has 2 amide bonds. The molecule has 0 aliphatic heterocycles. The normalized spacial score (nSPS) is 14.9. The lowest BCUT2D eigenvalue weighted by Crippen LogP contribution is -2.53. The van der Waals surface area contributed by atoms with Gasteiger partial charge in [0.15, 0.2) is 0 Å². The van der Waals surface area contributed by atoms with Crippen LogP contribution in [0, 0.1) is 0 Å². The van der Waals surface area contributed by atoms with Crippen molar-refractivity contribution in [3.05, 3.63) is 0 Å². The molecule has 536 valence electrons. The zero-order valence-electron chi connectivity index (χ0n) is 52.5. The van der Waals surface area contributed by atoms with Gasteiger partial charge in [0, 0.05) is 45.6 Å². The van der Waals surface area contributed by atoms with Crippen molar-refractivity contribution in [2.24, 2.45) is 5.73 Å². The first-order valence-electron chi connectivity index (χ1n) is 30.8. The molecule has 34 heteroatoms. The molecule has 0 rings (SSSR count). The third-order valence-corrected chi connectivity index (χ3v) is 12.4. The van der Waals surface area contributed by atoms with E-state index in [-0.39, 0.29) is 78.0 Å². The van der Waals surface area contributed by atoms with E-state index in [0.717, 1.165) is 0 Å². The number of carbonyl (C=O) groups is 3. The molecule has 34 nitrogen and oxygen atoms in total. The summed E-state index contributed by atoms with van der Waals surface area (Å²) in [6, 6.07) is -1.03. The monoisotopic (exact) mass is 1320 g/mol. The van der Waals surface area contributed by atoms with Crippen LogP contribution in [0.15, 0.2) is 0 Å². The number of carboxylic acid groups (broad SMARTS) is 1. The van der Waals surface area contributed by atoms with Gasteiger partial charge in [-0.15, -0.1) is 0 Å². The molecule has 15 N–H and O–H groups in total. The van der Waals surface area contributed by atoms with Gasteiger partial charge in [0.05, 0.1) is 237 Å². The first-order valence-corrected chi connectivity index (χ1v) is 30.8. The molecule has 0 aromatic carbocycles. The summed E-state index contributed by atoms with van der Waals surface area (Å²) in [5.74, 6) is -1.74. The van der Waals surface area contributed by atoms with E-state index in [1.54, 1.807) is 0 Å². The minimum absolute atomic E-state index is 0.0163. The number of amides is 2. The van der Waals surface area contributed by atoms with E-state index in [2.05, 4.69) is 10.6 Å². The van der Waals surface area contributed by atoms with Crippen molar-refractivity contribution in [3.8, 4) is 0 Å². The number of unbranched alkanes of at least 4 members (excludes halogenated alkanes) is 1. The number of carbonyl (C=O) groups excluding carboxylic acids is 2. The molecule has 0 saturated heterocycles. The van der Waals surface area contributed by atoms with Crippen molar-refractivity contribution in [2.45, 2.75) is 87.0 Å². The largest absolute Gasteiger partial charge is 0.480 e. The van der Waals surface area contributed by atoms with Crippen LogP contribution in [0.3, 0.4) is 0 Å². The Bertz CT molecular complexity index is 1550. The molecule has 0 radical (unpaired) electrons. The summed E-state index contributed by atoms with van der Waals surface area (Å²) >= 11 is 0. The summed E-state index contributed by atoms with van der Waals surface area (Å²) in [4.78, 5) is 37.3. The molecule has 0 fully saturated rings. The van der Waals surface area contributed by atoms with Crippen LogP contribution in [0.5, 0.6) is 0 Å². The topological polar surface area (TPSA) is 475 Å². The fourth-order valence-electron chi connectivity index (χ4n) is 7.33. The van der Waals surface area contributed by atoms with Crippen LogP contribution in [0.2, 0.25) is 0 Å². The van der Waals surface area contributed by atoms with Gasteiger partial charge in [-0.25, -0.2) is 4.79 Å². The zero-order valence-corrected chi connectivity index (χ0v) is 52.5. The third-order valence-electron chi connectivity index (χ3n) is 12.4. The Morgan fingerprint density at radius 2 is 0.622 bits per heavy atom. The highest BCUT2D eigenvalue weighted by atomic mass is 16.6. The van der Waals surface area contributed by atoms with E-state index in [4.69, 9.17) is 91.7 Å². The Morgan fingerprint density at radius 3 is 0.911 bits per heavy atom. The van der Waals surface area contributed by atoms with E-state index in [0.29, 0.717) is 191 Å². The standard InChI is InChI=1S/C56H112N4O30/c57-6-11-77-15-19-81-23-21-80-18-14-76-10-5-51(68)59-45(56(73)74)3-1-2-7-58-50(67)4-9-75-13-17-79-22-25-83-27-29-85-31-33-87-35-37-89-39-40-90-38-36-88-34-32-86-30-28-84-26-24-82-20-16-78-12-8-60(41-46(63)52(69)54(71)48(65)43-61)42-47(64)53(70)55(72)49(66)44-62/h45-49,52-55,61-66,69-72H,1-44,57H2,(H,58,67)(H,59,68)(H,73,74)/t45-,46-,47-,48+,49+,52+,53+,54+,55+/m0/s1. The average Bonchev–Trinajstić information content (AvgIpc) is 3.61. The van der Waals surface area contributed by atoms with Crippen LogP contribution < -0.4 is 16.4 Å². The predicted octanol–water partition coefficient (Wildman–Crippen LogP) is -6.98. The number of carboxylic acids is 1. The Labute approximate surface area is 528 Å². The fraction of sp³-hybridized carbons (Fsp3) is 0.946. The molecular formula is C56H112N4O30. The van der Waals surface area contributed by atoms with Gasteiger partial charge in [-0.3, -0.25) is 14.5 Å². The third kappa shape index (κ3) is 54.7. The van der Waals surface area contributed by atoms with E-state index in [9.17, 15) is 60.3 Å². The maximum atomic E-state index is 12.2. The second-order valence-electron chi connectivity index (χ2n) is 19.7. The molecule has 0 bridgehead atoms. The van der Waals surface area contributed by atoms with Gasteiger partial charge >= 0.3 is 5.97 Å². The Hall–Kier alpha value is -2.71. The molecule has 90 heavy (non-hydrogen) atoms. The molecule has 0 aliphatic rings. The smallest absolute Gasteiger partial charge is 0.326 e. The lowest BCUT2D eigenvalue weighted by Gasteiger charge is -2.33. The quantitative estimate of drug-likeness (QED) is 0.0252. The number of nitrogens with two attached hydrogens (primary N) is 1. The van der Waals surface area contributed by atoms with Crippen LogP contribution >= 0.6 is 0 Å². The minimum Gasteiger partial charge on any atom is -0.480 e. The Morgan fingerprint density at radius 1 is 0.356 bits per heavy atom. The number of hydrogen-bond donors (Lipinski definition) is 14. The van der Waals surface area contributed by atoms with Crippen molar-refractivity contribution < 1.29 is 146 Å². The maximum Gasteiger partial charge on any atom is 0.326 e. The van der Waals surface area contributed by atoms with Crippen LogP contribution in [0.1, 0.15) is 32.1 Å². The highest BCUT2D eigenvalue weighted by Crippen LogP contribution is 2.11. The second-order valence-corrected chi connectivity index (χ2v) is 19.7. The molecule has 0 aliphatic carbocycles. The van der Waals surface area contributed by atoms with E-state index < -0.39 is 93.1 Å². The van der Waals surface area contributed by atoms with E-state index in [1.807, 2.05) is 0 Å². The van der Waals surface area contributed by atoms with Crippen molar-refractivity contribution in [1.82, 2.24) is 15.5 Å². The highest BCUT2D eigenvalue weighted by molar-refractivity contribution is 5.83. The number of rotatable bonds is 72. The fourth-order valence-corrected chi connectivity index (χ4v) is 7.33. The number of aliphatic hydroxyl groups excluding tert-OH is 10. The van der Waals surface area contributed by atoms with Crippen molar-refractivity contribution in [2.75, 3.05) is 257 Å². The van der Waals surface area contributed by atoms with Gasteiger partial charge in [-0.1, -0.05) is 0 Å². The van der Waals surface area contributed by atoms with E-state index in [1.165, 1.54) is 4.90 Å². The number of aliphatic hydroxyl groups is 10. The van der Waals surface area contributed by atoms with Crippen LogP contribution in [0.25, 0.3) is 0 Å². The highest BCUT2D eigenvalue weighted by Gasteiger charge is 2.34. The van der Waals surface area contributed by atoms with Crippen LogP contribution in [-0.2, 0) is 90.2 Å². The van der Waals surface area contributed by atoms with Gasteiger partial charge < -0.3 is 148 Å². The summed E-state index contributed by atoms with van der Waals surface area (Å²) < 4.78 is 87.2. The van der Waals surface area contributed by atoms with Gasteiger partial charge in [-0.2, -0.15) is 0 Å². The summed E-state index contributed by atoms with van der Waals surface area (Å²) in [5.41, 5.74) is 5.34. The van der Waals surface area contributed by atoms with Gasteiger partial charge in [0.2, 0.25) is 11.8 Å². The lowest BCUT2D eigenvalue weighted by molar-refractivity contribution is -0.142. The zero-order chi connectivity index (χ0) is 66.3. The molecule has 0 aromatic heterocycles. The van der Waals surface area contributed by atoms with Gasteiger partial charge in [-0.05, 0) is 19.3 Å². The molecule has 0 unspecified atom stereocenters. The second kappa shape index (κ2) is 65.0. The van der Waals surface area contributed by atoms with E-state index >= 15 is 0 Å². The summed E-state index contributed by atoms with van der Waals surface area (Å²) in [6.45, 7) is 9.53. The van der Waals surface area contributed by atoms with Crippen LogP contribution in [-0.4, -0.2) is 391 Å². The van der Waals surface area contributed by atoms with Gasteiger partial charge in [0.1, 0.15) is 42.7 Å². The first-order chi connectivity index (χ1) is 43.7. The molecule has 9 atom stereocenters. The summed E-state index contributed by atoms with van der Waals surface area (Å²) in [6.07, 6.45) is -12.9. The SMILES string of the molecule is NCCOCCOCCOCCOCCC(=O)N[C@@H](CCCCNC(=O)CCOCCOCCOCCOCCOCCOCCOCCOCCOCCOCCOCCOCCN(C[C@H](O)[C@@H](O)[C@H](O)[C@H](O)CO)C[C@H](O)[C@@H](O)[C@H](O)[C@H](O)CO)C(=O)O. The van der Waals surface area contributed by atoms with Crippen molar-refractivity contribution in [3.63, 3.8) is 0 Å². The minimum atomic E-state index is -1.89. The number of nitrogens with one attached hydrogen (secondary N) is 2. The Balaban J connectivity index is 3.59. The summed E-state index contributed by atoms with van der Waals surface area (Å²) in [5, 5.41) is 113. The molecular weight excluding hydrogens is 1210 g/mol. The number of nitrogens with zero attached hydrogens (tertiary/aromatic N) is 1. The number of ether oxygens (including phenoxy) is 16. The molecule has 0 spiro atoms. The van der Waals surface area contributed by atoms with Crippen LogP contribution in [0.4, 0.5) is 0 Å². The first kappa shape index (κ1) is 87.3. The maximum absolute atomic E-state index is 12.2. The lowest BCUT2D eigenvalue weighted by atomic mass is 10.0. The van der Waals surface area contributed by atoms with Gasteiger partial charge in [0.25, 0.3) is 0 Å². The average molecular weight is 1320 g/mol. The number of aliphatic carboxylic acids is 1. The molecule has 0 saturated carbocycles. The molecule has 0 aromatic rings.